The van der Waals surface area contributed by atoms with Crippen molar-refractivity contribution in [2.45, 2.75) is 13.0 Å². The first kappa shape index (κ1) is 16.1. The average molecular weight is 343 g/mol. The summed E-state index contributed by atoms with van der Waals surface area (Å²) in [6.07, 6.45) is 8.08. The molecular weight excluding hydrogens is 326 g/mol. The molecule has 3 heterocycles. The number of nitrogens with zero attached hydrogens (tertiary/aromatic N) is 6. The number of imidazole rings is 1. The molecule has 0 unspecified atom stereocenters. The van der Waals surface area contributed by atoms with E-state index in [4.69, 9.17) is 0 Å². The molecule has 1 amide bonds. The highest BCUT2D eigenvalue weighted by Crippen LogP contribution is 2.13. The van der Waals surface area contributed by atoms with Crippen molar-refractivity contribution < 1.29 is 4.79 Å². The van der Waals surface area contributed by atoms with Crippen molar-refractivity contribution in [1.82, 2.24) is 24.7 Å². The summed E-state index contributed by atoms with van der Waals surface area (Å²) in [7, 11) is 1.98. The van der Waals surface area contributed by atoms with E-state index in [0.29, 0.717) is 10.7 Å². The van der Waals surface area contributed by atoms with Gasteiger partial charge in [-0.2, -0.15) is 0 Å². The van der Waals surface area contributed by atoms with Crippen molar-refractivity contribution in [3.05, 3.63) is 48.1 Å². The minimum Gasteiger partial charge on any atom is -0.360 e. The molecule has 0 fully saturated rings. The fourth-order valence-corrected chi connectivity index (χ4v) is 2.61. The standard InChI is InChI=1S/C15H17N7OS/c1-21(6-2-7-22-8-5-16-10-22)13-4-3-12(9-17-13)14(23)19-15-20-18-11-24-15/h3-5,8-11H,2,6-7H2,1H3,(H,19,20,23). The van der Waals surface area contributed by atoms with Crippen LogP contribution < -0.4 is 10.2 Å². The van der Waals surface area contributed by atoms with Gasteiger partial charge in [-0.1, -0.05) is 11.3 Å². The van der Waals surface area contributed by atoms with Crippen molar-refractivity contribution in [3.63, 3.8) is 0 Å². The SMILES string of the molecule is CN(CCCn1ccnc1)c1ccc(C(=O)Nc2nncs2)cn1. The van der Waals surface area contributed by atoms with Crippen molar-refractivity contribution in [3.8, 4) is 0 Å². The monoisotopic (exact) mass is 343 g/mol. The topological polar surface area (TPSA) is 88.8 Å². The van der Waals surface area contributed by atoms with Crippen LogP contribution in [-0.2, 0) is 6.54 Å². The first-order valence-corrected chi connectivity index (χ1v) is 8.31. The van der Waals surface area contributed by atoms with E-state index in [1.54, 1.807) is 24.0 Å². The summed E-state index contributed by atoms with van der Waals surface area (Å²) in [4.78, 5) is 22.5. The number of hydrogen-bond donors (Lipinski definition) is 1. The maximum atomic E-state index is 12.1. The fourth-order valence-electron chi connectivity index (χ4n) is 2.17. The van der Waals surface area contributed by atoms with Crippen LogP contribution in [0.1, 0.15) is 16.8 Å². The fraction of sp³-hybridized carbons (Fsp3) is 0.267. The van der Waals surface area contributed by atoms with E-state index in [2.05, 4.69) is 30.4 Å². The number of carbonyl (C=O) groups excluding carboxylic acids is 1. The maximum absolute atomic E-state index is 12.1. The van der Waals surface area contributed by atoms with E-state index in [1.807, 2.05) is 30.2 Å². The van der Waals surface area contributed by atoms with Crippen molar-refractivity contribution in [1.29, 1.82) is 0 Å². The molecule has 1 N–H and O–H groups in total. The number of aromatic nitrogens is 5. The number of aryl methyl sites for hydroxylation is 1. The lowest BCUT2D eigenvalue weighted by atomic mass is 10.2. The van der Waals surface area contributed by atoms with Crippen LogP contribution in [0, 0.1) is 0 Å². The largest absolute Gasteiger partial charge is 0.360 e. The number of anilines is 2. The highest BCUT2D eigenvalue weighted by atomic mass is 32.1. The van der Waals surface area contributed by atoms with Gasteiger partial charge < -0.3 is 9.47 Å². The zero-order valence-electron chi connectivity index (χ0n) is 13.2. The Morgan fingerprint density at radius 3 is 3.00 bits per heavy atom. The molecule has 3 rings (SSSR count). The average Bonchev–Trinajstić information content (AvgIpc) is 3.29. The summed E-state index contributed by atoms with van der Waals surface area (Å²) in [6, 6.07) is 3.59. The molecule has 0 aliphatic heterocycles. The molecule has 0 atom stereocenters. The molecule has 3 aromatic rings. The van der Waals surface area contributed by atoms with Gasteiger partial charge in [0.25, 0.3) is 5.91 Å². The smallest absolute Gasteiger partial charge is 0.259 e. The second-order valence-electron chi connectivity index (χ2n) is 5.18. The Morgan fingerprint density at radius 2 is 2.33 bits per heavy atom. The third kappa shape index (κ3) is 4.13. The molecule has 0 radical (unpaired) electrons. The van der Waals surface area contributed by atoms with Gasteiger partial charge in [0.15, 0.2) is 0 Å². The molecule has 9 heteroatoms. The molecule has 0 aliphatic carbocycles. The molecule has 0 aliphatic rings. The van der Waals surface area contributed by atoms with Gasteiger partial charge in [0.05, 0.1) is 11.9 Å². The predicted octanol–water partition coefficient (Wildman–Crippen LogP) is 1.91. The lowest BCUT2D eigenvalue weighted by Crippen LogP contribution is -2.21. The zero-order chi connectivity index (χ0) is 16.8. The lowest BCUT2D eigenvalue weighted by Gasteiger charge is -2.18. The van der Waals surface area contributed by atoms with E-state index in [1.165, 1.54) is 11.3 Å². The summed E-state index contributed by atoms with van der Waals surface area (Å²) in [5.74, 6) is 0.585. The van der Waals surface area contributed by atoms with Crippen LogP contribution in [0.4, 0.5) is 10.9 Å². The molecule has 0 spiro atoms. The van der Waals surface area contributed by atoms with Crippen LogP contribution >= 0.6 is 11.3 Å². The highest BCUT2D eigenvalue weighted by Gasteiger charge is 2.09. The molecule has 0 bridgehead atoms. The summed E-state index contributed by atoms with van der Waals surface area (Å²) in [5.41, 5.74) is 2.05. The molecule has 0 saturated carbocycles. The molecule has 0 saturated heterocycles. The Balaban J connectivity index is 1.52. The number of amides is 1. The van der Waals surface area contributed by atoms with Gasteiger partial charge >= 0.3 is 0 Å². The molecule has 24 heavy (non-hydrogen) atoms. The van der Waals surface area contributed by atoms with Crippen LogP contribution in [0.2, 0.25) is 0 Å². The summed E-state index contributed by atoms with van der Waals surface area (Å²) in [6.45, 7) is 1.77. The van der Waals surface area contributed by atoms with Crippen LogP contribution in [-0.4, -0.2) is 44.2 Å². The summed E-state index contributed by atoms with van der Waals surface area (Å²) >= 11 is 1.27. The minimum absolute atomic E-state index is 0.242. The van der Waals surface area contributed by atoms with Crippen molar-refractivity contribution in [2.24, 2.45) is 0 Å². The van der Waals surface area contributed by atoms with Crippen molar-refractivity contribution >= 4 is 28.2 Å². The third-order valence-corrected chi connectivity index (χ3v) is 4.06. The van der Waals surface area contributed by atoms with Gasteiger partial charge in [0.2, 0.25) is 5.13 Å². The summed E-state index contributed by atoms with van der Waals surface area (Å²) < 4.78 is 2.04. The Hall–Kier alpha value is -2.81. The minimum atomic E-state index is -0.242. The predicted molar refractivity (Wildman–Crippen MR) is 92.2 cm³/mol. The number of pyridine rings is 1. The number of nitrogens with one attached hydrogen (secondary N) is 1. The van der Waals surface area contributed by atoms with Gasteiger partial charge in [-0.15, -0.1) is 10.2 Å². The molecule has 3 aromatic heterocycles. The molecule has 0 aromatic carbocycles. The number of carbonyl (C=O) groups is 1. The van der Waals surface area contributed by atoms with E-state index >= 15 is 0 Å². The number of rotatable bonds is 7. The van der Waals surface area contributed by atoms with Gasteiger partial charge in [-0.25, -0.2) is 9.97 Å². The zero-order valence-corrected chi connectivity index (χ0v) is 14.0. The van der Waals surface area contributed by atoms with E-state index < -0.39 is 0 Å². The Labute approximate surface area is 143 Å². The van der Waals surface area contributed by atoms with Gasteiger partial charge in [-0.3, -0.25) is 10.1 Å². The second-order valence-corrected chi connectivity index (χ2v) is 6.01. The van der Waals surface area contributed by atoms with Crippen molar-refractivity contribution in [2.75, 3.05) is 23.8 Å². The van der Waals surface area contributed by atoms with Gasteiger partial charge in [0, 0.05) is 38.7 Å². The maximum Gasteiger partial charge on any atom is 0.259 e. The molecule has 124 valence electrons. The molecular formula is C15H17N7OS. The van der Waals surface area contributed by atoms with Crippen LogP contribution in [0.3, 0.4) is 0 Å². The Kier molecular flexibility index (Phi) is 5.12. The highest BCUT2D eigenvalue weighted by molar-refractivity contribution is 7.13. The van der Waals surface area contributed by atoms with Crippen LogP contribution in [0.25, 0.3) is 0 Å². The molecule has 8 nitrogen and oxygen atoms in total. The normalized spacial score (nSPS) is 10.5. The lowest BCUT2D eigenvalue weighted by molar-refractivity contribution is 0.102. The first-order valence-electron chi connectivity index (χ1n) is 7.43. The first-order chi connectivity index (χ1) is 11.7. The Morgan fingerprint density at radius 1 is 1.42 bits per heavy atom. The van der Waals surface area contributed by atoms with E-state index in [0.717, 1.165) is 25.3 Å². The van der Waals surface area contributed by atoms with Crippen LogP contribution in [0.15, 0.2) is 42.6 Å². The van der Waals surface area contributed by atoms with Gasteiger partial charge in [0.1, 0.15) is 11.3 Å². The summed E-state index contributed by atoms with van der Waals surface area (Å²) in [5, 5.41) is 10.6. The second kappa shape index (κ2) is 7.64. The quantitative estimate of drug-likeness (QED) is 0.705. The van der Waals surface area contributed by atoms with Crippen LogP contribution in [0.5, 0.6) is 0 Å². The van der Waals surface area contributed by atoms with Gasteiger partial charge in [-0.05, 0) is 18.6 Å². The van der Waals surface area contributed by atoms with E-state index in [-0.39, 0.29) is 5.91 Å². The number of hydrogen-bond acceptors (Lipinski definition) is 7. The van der Waals surface area contributed by atoms with E-state index in [9.17, 15) is 4.79 Å². The Bertz CT molecular complexity index is 756. The third-order valence-electron chi connectivity index (χ3n) is 3.45.